The molecular weight excluding hydrogens is 481 g/mol. The number of nitriles is 1. The average molecular weight is 512 g/mol. The fraction of sp³-hybridized carbons (Fsp3) is 0.300. The zero-order valence-corrected chi connectivity index (χ0v) is 21.6. The van der Waals surface area contributed by atoms with E-state index < -0.39 is 5.82 Å². The minimum Gasteiger partial charge on any atom is -0.466 e. The normalized spacial score (nSPS) is 15.6. The van der Waals surface area contributed by atoms with E-state index in [1.807, 2.05) is 43.6 Å². The maximum atomic E-state index is 14.8. The molecule has 1 atom stereocenters. The van der Waals surface area contributed by atoms with Crippen molar-refractivity contribution in [3.63, 3.8) is 0 Å². The van der Waals surface area contributed by atoms with Crippen molar-refractivity contribution in [1.82, 2.24) is 14.5 Å². The monoisotopic (exact) mass is 511 g/mol. The molecule has 5 rings (SSSR count). The number of benzene rings is 2. The van der Waals surface area contributed by atoms with E-state index in [2.05, 4.69) is 15.5 Å². The molecule has 0 amide bonds. The first kappa shape index (κ1) is 25.6. The molecule has 38 heavy (non-hydrogen) atoms. The highest BCUT2D eigenvalue weighted by atomic mass is 19.1. The van der Waals surface area contributed by atoms with Crippen LogP contribution in [0, 0.1) is 17.1 Å². The molecule has 3 heterocycles. The highest BCUT2D eigenvalue weighted by molar-refractivity contribution is 6.02. The summed E-state index contributed by atoms with van der Waals surface area (Å²) in [4.78, 5) is 19.1. The van der Waals surface area contributed by atoms with Crippen LogP contribution in [0.5, 0.6) is 0 Å². The minimum absolute atomic E-state index is 0.00197. The average Bonchev–Trinajstić information content (AvgIpc) is 3.46. The van der Waals surface area contributed by atoms with Crippen LogP contribution in [0.1, 0.15) is 30.2 Å². The van der Waals surface area contributed by atoms with Crippen LogP contribution in [0.15, 0.2) is 54.7 Å². The van der Waals surface area contributed by atoms with Crippen molar-refractivity contribution in [2.24, 2.45) is 12.8 Å². The summed E-state index contributed by atoms with van der Waals surface area (Å²) in [6.45, 7) is 4.70. The Bertz CT molecular complexity index is 1540. The lowest BCUT2D eigenvalue weighted by Gasteiger charge is -2.15. The van der Waals surface area contributed by atoms with Crippen LogP contribution in [0.4, 0.5) is 4.39 Å². The summed E-state index contributed by atoms with van der Waals surface area (Å²) in [5.41, 5.74) is 12.0. The number of ether oxygens (including phenoxy) is 1. The van der Waals surface area contributed by atoms with Gasteiger partial charge in [-0.15, -0.1) is 0 Å². The van der Waals surface area contributed by atoms with Gasteiger partial charge in [0, 0.05) is 54.9 Å². The number of carbonyl (C=O) groups is 1. The quantitative estimate of drug-likeness (QED) is 0.366. The van der Waals surface area contributed by atoms with Crippen molar-refractivity contribution in [1.29, 1.82) is 5.26 Å². The van der Waals surface area contributed by atoms with E-state index in [9.17, 15) is 14.4 Å². The van der Waals surface area contributed by atoms with Gasteiger partial charge in [0.05, 0.1) is 36.0 Å². The Kier molecular flexibility index (Phi) is 7.23. The van der Waals surface area contributed by atoms with Gasteiger partial charge in [-0.2, -0.15) is 5.26 Å². The number of halogens is 1. The van der Waals surface area contributed by atoms with Crippen LogP contribution in [0.2, 0.25) is 0 Å². The molecule has 0 saturated carbocycles. The lowest BCUT2D eigenvalue weighted by Crippen LogP contribution is -2.26. The first-order chi connectivity index (χ1) is 18.4. The third kappa shape index (κ3) is 5.03. The maximum Gasteiger partial charge on any atom is 0.310 e. The molecule has 1 fully saturated rings. The fourth-order valence-corrected chi connectivity index (χ4v) is 5.17. The van der Waals surface area contributed by atoms with Gasteiger partial charge in [0.25, 0.3) is 0 Å². The van der Waals surface area contributed by atoms with Crippen molar-refractivity contribution >= 4 is 16.9 Å². The molecule has 0 bridgehead atoms. The zero-order chi connectivity index (χ0) is 26.8. The first-order valence-corrected chi connectivity index (χ1v) is 12.8. The van der Waals surface area contributed by atoms with Gasteiger partial charge in [0.15, 0.2) is 0 Å². The number of rotatable bonds is 7. The maximum absolute atomic E-state index is 14.8. The molecule has 0 aliphatic carbocycles. The molecule has 0 spiro atoms. The smallest absolute Gasteiger partial charge is 0.310 e. The van der Waals surface area contributed by atoms with Gasteiger partial charge in [-0.1, -0.05) is 30.3 Å². The predicted molar refractivity (Wildman–Crippen MR) is 144 cm³/mol. The van der Waals surface area contributed by atoms with Crippen LogP contribution >= 0.6 is 0 Å². The third-order valence-corrected chi connectivity index (χ3v) is 7.15. The number of nitrogens with zero attached hydrogens (tertiary/aromatic N) is 4. The Morgan fingerprint density at radius 2 is 1.97 bits per heavy atom. The number of hydrogen-bond acceptors (Lipinski definition) is 6. The van der Waals surface area contributed by atoms with Gasteiger partial charge in [-0.25, -0.2) is 4.39 Å². The zero-order valence-electron chi connectivity index (χ0n) is 21.6. The first-order valence-electron chi connectivity index (χ1n) is 12.8. The Morgan fingerprint density at radius 3 is 2.63 bits per heavy atom. The molecule has 7 nitrogen and oxygen atoms in total. The van der Waals surface area contributed by atoms with E-state index in [4.69, 9.17) is 15.5 Å². The summed E-state index contributed by atoms with van der Waals surface area (Å²) in [5, 5.41) is 10.2. The highest BCUT2D eigenvalue weighted by Gasteiger charge is 2.23. The standard InChI is InChI=1S/C30H30FN5O2/c1-3-38-28(37)12-19-4-6-20(7-5-19)30-29(21-8-9-22(15-32)26(31)13-21)25-14-24(35(2)27(25)16-34-30)18-36-11-10-23(33)17-36/h4-9,13-14,16,23H,3,10-12,17-18,33H2,1-2H3/t23-/m0/s1. The Morgan fingerprint density at radius 1 is 1.21 bits per heavy atom. The second kappa shape index (κ2) is 10.7. The number of nitrogens with two attached hydrogens (primary N) is 1. The van der Waals surface area contributed by atoms with Gasteiger partial charge in [-0.3, -0.25) is 14.7 Å². The van der Waals surface area contributed by atoms with Crippen molar-refractivity contribution in [2.45, 2.75) is 32.4 Å². The molecule has 0 unspecified atom stereocenters. The molecule has 1 saturated heterocycles. The number of esters is 1. The number of pyridine rings is 1. The molecule has 194 valence electrons. The van der Waals surface area contributed by atoms with E-state index in [0.29, 0.717) is 17.9 Å². The number of aryl methyl sites for hydroxylation is 1. The van der Waals surface area contributed by atoms with E-state index in [-0.39, 0.29) is 24.0 Å². The van der Waals surface area contributed by atoms with Crippen molar-refractivity contribution in [2.75, 3.05) is 19.7 Å². The van der Waals surface area contributed by atoms with Gasteiger partial charge in [-0.05, 0) is 42.7 Å². The molecule has 1 aliphatic rings. The van der Waals surface area contributed by atoms with E-state index >= 15 is 0 Å². The molecule has 4 aromatic rings. The SMILES string of the molecule is CCOC(=O)Cc1ccc(-c2ncc3c(cc(CN4CC[C@H](N)C4)n3C)c2-c2ccc(C#N)c(F)c2)cc1. The van der Waals surface area contributed by atoms with Crippen molar-refractivity contribution in [3.05, 3.63) is 77.4 Å². The Hall–Kier alpha value is -4.06. The summed E-state index contributed by atoms with van der Waals surface area (Å²) < 4.78 is 22.0. The third-order valence-electron chi connectivity index (χ3n) is 7.15. The molecule has 2 aromatic heterocycles. The largest absolute Gasteiger partial charge is 0.466 e. The molecule has 0 radical (unpaired) electrons. The molecule has 2 aromatic carbocycles. The number of hydrogen-bond donors (Lipinski definition) is 1. The molecule has 8 heteroatoms. The Labute approximate surface area is 221 Å². The minimum atomic E-state index is -0.569. The number of aromatic nitrogens is 2. The van der Waals surface area contributed by atoms with Crippen LogP contribution < -0.4 is 5.73 Å². The van der Waals surface area contributed by atoms with Gasteiger partial charge in [0.1, 0.15) is 11.9 Å². The van der Waals surface area contributed by atoms with Gasteiger partial charge in [0.2, 0.25) is 0 Å². The number of carbonyl (C=O) groups excluding carboxylic acids is 1. The Balaban J connectivity index is 1.62. The fourth-order valence-electron chi connectivity index (χ4n) is 5.17. The summed E-state index contributed by atoms with van der Waals surface area (Å²) in [5.74, 6) is -0.843. The summed E-state index contributed by atoms with van der Waals surface area (Å²) >= 11 is 0. The van der Waals surface area contributed by atoms with Crippen LogP contribution in [-0.2, 0) is 29.5 Å². The molecular formula is C30H30FN5O2. The summed E-state index contributed by atoms with van der Waals surface area (Å²) in [7, 11) is 2.02. The van der Waals surface area contributed by atoms with Crippen LogP contribution in [0.3, 0.4) is 0 Å². The number of fused-ring (bicyclic) bond motifs is 1. The van der Waals surface area contributed by atoms with E-state index in [1.165, 1.54) is 12.1 Å². The highest BCUT2D eigenvalue weighted by Crippen LogP contribution is 2.38. The lowest BCUT2D eigenvalue weighted by atomic mass is 9.94. The lowest BCUT2D eigenvalue weighted by molar-refractivity contribution is -0.142. The predicted octanol–water partition coefficient (Wildman–Crippen LogP) is 4.56. The van der Waals surface area contributed by atoms with Gasteiger partial charge >= 0.3 is 5.97 Å². The van der Waals surface area contributed by atoms with Crippen LogP contribution in [-0.4, -0.2) is 46.2 Å². The summed E-state index contributed by atoms with van der Waals surface area (Å²) in [6.07, 6.45) is 3.02. The second-order valence-corrected chi connectivity index (χ2v) is 9.74. The molecule has 2 N–H and O–H groups in total. The second-order valence-electron chi connectivity index (χ2n) is 9.74. The van der Waals surface area contributed by atoms with Crippen molar-refractivity contribution in [3.8, 4) is 28.5 Å². The number of likely N-dealkylation sites (tertiary alicyclic amines) is 1. The van der Waals surface area contributed by atoms with Gasteiger partial charge < -0.3 is 15.0 Å². The van der Waals surface area contributed by atoms with E-state index in [0.717, 1.165) is 59.3 Å². The molecule has 1 aliphatic heterocycles. The van der Waals surface area contributed by atoms with Crippen molar-refractivity contribution < 1.29 is 13.9 Å². The van der Waals surface area contributed by atoms with E-state index in [1.54, 1.807) is 13.0 Å². The van der Waals surface area contributed by atoms with Crippen LogP contribution in [0.25, 0.3) is 33.3 Å². The topological polar surface area (TPSA) is 97.2 Å². The summed E-state index contributed by atoms with van der Waals surface area (Å²) in [6, 6.07) is 16.5.